The van der Waals surface area contributed by atoms with Crippen molar-refractivity contribution < 1.29 is 12.8 Å². The number of halogens is 1. The molecule has 19 heavy (non-hydrogen) atoms. The molecule has 1 saturated carbocycles. The molecular formula is C14H20FNO2S. The standard InChI is InChI=1S/C14H20FNO2S/c15-13-7-9-14(10-8-13)19(17,18)16-11-3-6-12-4-1-2-5-12/h7-10,12,16H,1-6,11H2. The number of nitrogens with one attached hydrogen (secondary N) is 1. The van der Waals surface area contributed by atoms with E-state index in [1.54, 1.807) is 0 Å². The molecule has 0 bridgehead atoms. The van der Waals surface area contributed by atoms with E-state index < -0.39 is 15.8 Å². The Morgan fingerprint density at radius 1 is 1.16 bits per heavy atom. The summed E-state index contributed by atoms with van der Waals surface area (Å²) >= 11 is 0. The Morgan fingerprint density at radius 3 is 2.42 bits per heavy atom. The van der Waals surface area contributed by atoms with Gasteiger partial charge in [0.25, 0.3) is 0 Å². The van der Waals surface area contributed by atoms with Gasteiger partial charge in [0, 0.05) is 6.54 Å². The topological polar surface area (TPSA) is 46.2 Å². The van der Waals surface area contributed by atoms with Crippen molar-refractivity contribution in [2.75, 3.05) is 6.54 Å². The third kappa shape index (κ3) is 4.28. The van der Waals surface area contributed by atoms with Gasteiger partial charge in [0.1, 0.15) is 5.82 Å². The Labute approximate surface area is 114 Å². The van der Waals surface area contributed by atoms with Gasteiger partial charge in [0.05, 0.1) is 4.90 Å². The summed E-state index contributed by atoms with van der Waals surface area (Å²) in [6.45, 7) is 0.455. The number of hydrogen-bond acceptors (Lipinski definition) is 2. The predicted molar refractivity (Wildman–Crippen MR) is 72.8 cm³/mol. The fraction of sp³-hybridized carbons (Fsp3) is 0.571. The summed E-state index contributed by atoms with van der Waals surface area (Å²) in [7, 11) is -3.49. The Balaban J connectivity index is 1.79. The first-order valence-corrected chi connectivity index (χ1v) is 8.31. The van der Waals surface area contributed by atoms with Crippen molar-refractivity contribution in [3.8, 4) is 0 Å². The smallest absolute Gasteiger partial charge is 0.211 e. The molecule has 0 saturated heterocycles. The molecule has 0 aromatic heterocycles. The molecule has 1 aliphatic rings. The molecule has 1 N–H and O–H groups in total. The number of benzene rings is 1. The van der Waals surface area contributed by atoms with E-state index in [4.69, 9.17) is 0 Å². The maximum atomic E-state index is 12.7. The van der Waals surface area contributed by atoms with Gasteiger partial charge in [-0.05, 0) is 43.0 Å². The lowest BCUT2D eigenvalue weighted by Gasteiger charge is -2.09. The molecule has 2 rings (SSSR count). The Hall–Kier alpha value is -0.940. The minimum absolute atomic E-state index is 0.120. The molecular weight excluding hydrogens is 265 g/mol. The van der Waals surface area contributed by atoms with Crippen LogP contribution in [-0.4, -0.2) is 15.0 Å². The second-order valence-electron chi connectivity index (χ2n) is 5.14. The zero-order valence-corrected chi connectivity index (χ0v) is 11.8. The van der Waals surface area contributed by atoms with E-state index in [0.717, 1.165) is 30.9 Å². The van der Waals surface area contributed by atoms with E-state index in [0.29, 0.717) is 6.54 Å². The van der Waals surface area contributed by atoms with Crippen LogP contribution in [-0.2, 0) is 10.0 Å². The van der Waals surface area contributed by atoms with Gasteiger partial charge in [-0.2, -0.15) is 0 Å². The molecule has 5 heteroatoms. The normalized spacial score (nSPS) is 16.9. The van der Waals surface area contributed by atoms with E-state index in [-0.39, 0.29) is 4.90 Å². The molecule has 0 heterocycles. The van der Waals surface area contributed by atoms with Crippen LogP contribution >= 0.6 is 0 Å². The molecule has 1 aromatic carbocycles. The molecule has 3 nitrogen and oxygen atoms in total. The van der Waals surface area contributed by atoms with E-state index in [9.17, 15) is 12.8 Å². The average Bonchev–Trinajstić information content (AvgIpc) is 2.88. The minimum atomic E-state index is -3.49. The third-order valence-corrected chi connectivity index (χ3v) is 5.16. The van der Waals surface area contributed by atoms with Crippen LogP contribution < -0.4 is 4.72 Å². The maximum Gasteiger partial charge on any atom is 0.240 e. The second-order valence-corrected chi connectivity index (χ2v) is 6.91. The molecule has 0 amide bonds. The fourth-order valence-corrected chi connectivity index (χ4v) is 3.67. The highest BCUT2D eigenvalue weighted by molar-refractivity contribution is 7.89. The summed E-state index contributed by atoms with van der Waals surface area (Å²) in [5.74, 6) is 0.343. The second kappa shape index (κ2) is 6.48. The Kier molecular flexibility index (Phi) is 4.93. The van der Waals surface area contributed by atoms with Gasteiger partial charge in [-0.15, -0.1) is 0 Å². The Bertz CT molecular complexity index is 493. The minimum Gasteiger partial charge on any atom is -0.211 e. The van der Waals surface area contributed by atoms with Gasteiger partial charge in [-0.25, -0.2) is 17.5 Å². The lowest BCUT2D eigenvalue weighted by atomic mass is 10.0. The van der Waals surface area contributed by atoms with E-state index in [1.807, 2.05) is 0 Å². The summed E-state index contributed by atoms with van der Waals surface area (Å²) in [5, 5.41) is 0. The van der Waals surface area contributed by atoms with Gasteiger partial charge in [0.15, 0.2) is 0 Å². The summed E-state index contributed by atoms with van der Waals surface area (Å²) in [6.07, 6.45) is 7.14. The number of sulfonamides is 1. The van der Waals surface area contributed by atoms with Crippen molar-refractivity contribution in [3.63, 3.8) is 0 Å². The summed E-state index contributed by atoms with van der Waals surface area (Å²) in [5.41, 5.74) is 0. The van der Waals surface area contributed by atoms with Gasteiger partial charge >= 0.3 is 0 Å². The van der Waals surface area contributed by atoms with Gasteiger partial charge in [-0.1, -0.05) is 25.7 Å². The monoisotopic (exact) mass is 285 g/mol. The van der Waals surface area contributed by atoms with E-state index in [1.165, 1.54) is 37.8 Å². The van der Waals surface area contributed by atoms with Crippen molar-refractivity contribution >= 4 is 10.0 Å². The molecule has 0 atom stereocenters. The molecule has 0 radical (unpaired) electrons. The van der Waals surface area contributed by atoms with Crippen LogP contribution in [0.25, 0.3) is 0 Å². The highest BCUT2D eigenvalue weighted by Crippen LogP contribution is 2.28. The molecule has 1 aromatic rings. The zero-order valence-electron chi connectivity index (χ0n) is 10.9. The lowest BCUT2D eigenvalue weighted by molar-refractivity contribution is 0.480. The largest absolute Gasteiger partial charge is 0.240 e. The first-order valence-electron chi connectivity index (χ1n) is 6.83. The van der Waals surface area contributed by atoms with Gasteiger partial charge < -0.3 is 0 Å². The molecule has 106 valence electrons. The molecule has 0 spiro atoms. The predicted octanol–water partition coefficient (Wildman–Crippen LogP) is 3.07. The van der Waals surface area contributed by atoms with Gasteiger partial charge in [0.2, 0.25) is 10.0 Å². The third-order valence-electron chi connectivity index (χ3n) is 3.68. The molecule has 0 unspecified atom stereocenters. The first kappa shape index (κ1) is 14.5. The van der Waals surface area contributed by atoms with Crippen LogP contribution in [0.3, 0.4) is 0 Å². The van der Waals surface area contributed by atoms with Crippen molar-refractivity contribution in [2.45, 2.75) is 43.4 Å². The lowest BCUT2D eigenvalue weighted by Crippen LogP contribution is -2.25. The highest BCUT2D eigenvalue weighted by Gasteiger charge is 2.16. The van der Waals surface area contributed by atoms with Crippen LogP contribution in [0.5, 0.6) is 0 Å². The summed E-state index contributed by atoms with van der Waals surface area (Å²) in [4.78, 5) is 0.120. The van der Waals surface area contributed by atoms with Crippen LogP contribution in [0.15, 0.2) is 29.2 Å². The van der Waals surface area contributed by atoms with Crippen LogP contribution in [0.2, 0.25) is 0 Å². The molecule has 0 aliphatic heterocycles. The van der Waals surface area contributed by atoms with Crippen molar-refractivity contribution in [1.82, 2.24) is 4.72 Å². The Morgan fingerprint density at radius 2 is 1.79 bits per heavy atom. The van der Waals surface area contributed by atoms with Crippen LogP contribution in [0, 0.1) is 11.7 Å². The summed E-state index contributed by atoms with van der Waals surface area (Å²) in [6, 6.07) is 4.89. The quantitative estimate of drug-likeness (QED) is 0.816. The van der Waals surface area contributed by atoms with Crippen molar-refractivity contribution in [1.29, 1.82) is 0 Å². The first-order chi connectivity index (χ1) is 9.08. The highest BCUT2D eigenvalue weighted by atomic mass is 32.2. The number of hydrogen-bond donors (Lipinski definition) is 1. The van der Waals surface area contributed by atoms with Crippen LogP contribution in [0.1, 0.15) is 38.5 Å². The van der Waals surface area contributed by atoms with E-state index in [2.05, 4.69) is 4.72 Å². The maximum absolute atomic E-state index is 12.7. The van der Waals surface area contributed by atoms with Crippen LogP contribution in [0.4, 0.5) is 4.39 Å². The van der Waals surface area contributed by atoms with Crippen molar-refractivity contribution in [2.24, 2.45) is 5.92 Å². The van der Waals surface area contributed by atoms with Gasteiger partial charge in [-0.3, -0.25) is 0 Å². The summed E-state index contributed by atoms with van der Waals surface area (Å²) < 4.78 is 39.1. The molecule has 1 fully saturated rings. The van der Waals surface area contributed by atoms with Crippen molar-refractivity contribution in [3.05, 3.63) is 30.1 Å². The average molecular weight is 285 g/mol. The zero-order chi connectivity index (χ0) is 13.7. The SMILES string of the molecule is O=S(=O)(NCCCC1CCCC1)c1ccc(F)cc1. The molecule has 1 aliphatic carbocycles. The van der Waals surface area contributed by atoms with E-state index >= 15 is 0 Å². The number of rotatable bonds is 6. The fourth-order valence-electron chi connectivity index (χ4n) is 2.59.